The fourth-order valence-electron chi connectivity index (χ4n) is 1.88. The Morgan fingerprint density at radius 1 is 1.38 bits per heavy atom. The zero-order chi connectivity index (χ0) is 15.6. The molecule has 0 bridgehead atoms. The molecule has 2 aromatic rings. The van der Waals surface area contributed by atoms with Gasteiger partial charge in [0, 0.05) is 17.8 Å². The summed E-state index contributed by atoms with van der Waals surface area (Å²) in [6.45, 7) is 5.47. The number of anilines is 1. The Balaban J connectivity index is 2.28. The molecule has 21 heavy (non-hydrogen) atoms. The van der Waals surface area contributed by atoms with Crippen molar-refractivity contribution in [2.24, 2.45) is 0 Å². The molecule has 0 fully saturated rings. The van der Waals surface area contributed by atoms with Crippen molar-refractivity contribution in [3.8, 4) is 0 Å². The van der Waals surface area contributed by atoms with E-state index in [4.69, 9.17) is 9.63 Å². The Bertz CT molecular complexity index is 691. The Hall–Kier alpha value is -2.70. The number of nitrogens with one attached hydrogen (secondary N) is 1. The highest BCUT2D eigenvalue weighted by Gasteiger charge is 2.22. The molecule has 0 aliphatic rings. The summed E-state index contributed by atoms with van der Waals surface area (Å²) in [5, 5.41) is 15.3. The van der Waals surface area contributed by atoms with E-state index in [1.807, 2.05) is 13.8 Å². The molecule has 0 aromatic carbocycles. The zero-order valence-electron chi connectivity index (χ0n) is 11.9. The number of amides is 1. The molecule has 2 aromatic heterocycles. The standard InChI is InChI=1S/C14H15N3O4/c1-7(2)12-11(8(3)17-21-12)13(18)16-9-4-5-15-10(6-9)14(19)20/h4-7H,1-3H3,(H,19,20)(H,15,16,18). The first-order valence-corrected chi connectivity index (χ1v) is 6.37. The molecule has 110 valence electrons. The highest BCUT2D eigenvalue weighted by Crippen LogP contribution is 2.23. The SMILES string of the molecule is Cc1noc(C(C)C)c1C(=O)Nc1ccnc(C(=O)O)c1. The molecule has 0 unspecified atom stereocenters. The van der Waals surface area contributed by atoms with Crippen molar-refractivity contribution in [1.29, 1.82) is 0 Å². The van der Waals surface area contributed by atoms with Crippen molar-refractivity contribution in [3.63, 3.8) is 0 Å². The van der Waals surface area contributed by atoms with Crippen LogP contribution in [-0.2, 0) is 0 Å². The van der Waals surface area contributed by atoms with Crippen molar-refractivity contribution in [2.45, 2.75) is 26.7 Å². The van der Waals surface area contributed by atoms with Gasteiger partial charge in [-0.2, -0.15) is 0 Å². The molecular formula is C14H15N3O4. The second kappa shape index (κ2) is 5.74. The van der Waals surface area contributed by atoms with Crippen LogP contribution in [0.15, 0.2) is 22.9 Å². The third kappa shape index (κ3) is 3.07. The fraction of sp³-hybridized carbons (Fsp3) is 0.286. The first-order valence-electron chi connectivity index (χ1n) is 6.37. The van der Waals surface area contributed by atoms with Gasteiger partial charge in [0.1, 0.15) is 11.3 Å². The van der Waals surface area contributed by atoms with Gasteiger partial charge in [-0.15, -0.1) is 0 Å². The lowest BCUT2D eigenvalue weighted by molar-refractivity contribution is 0.0690. The molecule has 0 atom stereocenters. The van der Waals surface area contributed by atoms with E-state index in [1.54, 1.807) is 6.92 Å². The minimum Gasteiger partial charge on any atom is -0.477 e. The molecule has 2 rings (SSSR count). The number of nitrogens with zero attached hydrogens (tertiary/aromatic N) is 2. The normalized spacial score (nSPS) is 10.7. The van der Waals surface area contributed by atoms with E-state index >= 15 is 0 Å². The predicted octanol–water partition coefficient (Wildman–Crippen LogP) is 2.45. The number of aromatic nitrogens is 2. The third-order valence-electron chi connectivity index (χ3n) is 2.88. The summed E-state index contributed by atoms with van der Waals surface area (Å²) in [5.74, 6) is -1.04. The smallest absolute Gasteiger partial charge is 0.354 e. The van der Waals surface area contributed by atoms with Crippen LogP contribution in [0.2, 0.25) is 0 Å². The average molecular weight is 289 g/mol. The first-order chi connectivity index (χ1) is 9.90. The number of hydrogen-bond donors (Lipinski definition) is 2. The summed E-state index contributed by atoms with van der Waals surface area (Å²) in [6.07, 6.45) is 1.32. The number of rotatable bonds is 4. The number of carboxylic acid groups (broad SMARTS) is 1. The number of aryl methyl sites for hydroxylation is 1. The molecule has 7 heteroatoms. The quantitative estimate of drug-likeness (QED) is 0.895. The van der Waals surface area contributed by atoms with Crippen molar-refractivity contribution >= 4 is 17.6 Å². The number of carboxylic acids is 1. The van der Waals surface area contributed by atoms with Gasteiger partial charge in [0.25, 0.3) is 5.91 Å². The van der Waals surface area contributed by atoms with Gasteiger partial charge in [0.05, 0.1) is 5.69 Å². The van der Waals surface area contributed by atoms with Crippen molar-refractivity contribution < 1.29 is 19.2 Å². The van der Waals surface area contributed by atoms with Gasteiger partial charge in [-0.05, 0) is 19.1 Å². The molecule has 2 heterocycles. The number of pyridine rings is 1. The molecule has 1 amide bonds. The number of hydrogen-bond acceptors (Lipinski definition) is 5. The lowest BCUT2D eigenvalue weighted by Crippen LogP contribution is -2.15. The van der Waals surface area contributed by atoms with E-state index in [0.29, 0.717) is 22.7 Å². The minimum absolute atomic E-state index is 0.0129. The summed E-state index contributed by atoms with van der Waals surface area (Å²) < 4.78 is 5.16. The fourth-order valence-corrected chi connectivity index (χ4v) is 1.88. The number of aromatic carboxylic acids is 1. The molecule has 7 nitrogen and oxygen atoms in total. The highest BCUT2D eigenvalue weighted by atomic mass is 16.5. The molecule has 2 N–H and O–H groups in total. The second-order valence-electron chi connectivity index (χ2n) is 4.85. The maximum absolute atomic E-state index is 12.3. The zero-order valence-corrected chi connectivity index (χ0v) is 11.9. The van der Waals surface area contributed by atoms with Crippen molar-refractivity contribution in [1.82, 2.24) is 10.1 Å². The number of carbonyl (C=O) groups excluding carboxylic acids is 1. The average Bonchev–Trinajstić information content (AvgIpc) is 2.81. The maximum Gasteiger partial charge on any atom is 0.354 e. The van der Waals surface area contributed by atoms with E-state index in [0.717, 1.165) is 0 Å². The Labute approximate surface area is 121 Å². The van der Waals surface area contributed by atoms with Gasteiger partial charge >= 0.3 is 5.97 Å². The maximum atomic E-state index is 12.3. The lowest BCUT2D eigenvalue weighted by Gasteiger charge is -2.07. The Morgan fingerprint density at radius 2 is 2.10 bits per heavy atom. The van der Waals surface area contributed by atoms with Crippen LogP contribution < -0.4 is 5.32 Å². The summed E-state index contributed by atoms with van der Waals surface area (Å²) in [5.41, 5.74) is 1.07. The van der Waals surface area contributed by atoms with Crippen LogP contribution in [0.1, 0.15) is 52.1 Å². The Morgan fingerprint density at radius 3 is 2.71 bits per heavy atom. The van der Waals surface area contributed by atoms with Crippen LogP contribution in [0.5, 0.6) is 0 Å². The highest BCUT2D eigenvalue weighted by molar-refractivity contribution is 6.06. The van der Waals surface area contributed by atoms with Gasteiger partial charge in [0.2, 0.25) is 0 Å². The largest absolute Gasteiger partial charge is 0.477 e. The first kappa shape index (κ1) is 14.7. The monoisotopic (exact) mass is 289 g/mol. The van der Waals surface area contributed by atoms with Gasteiger partial charge < -0.3 is 14.9 Å². The minimum atomic E-state index is -1.16. The predicted molar refractivity (Wildman–Crippen MR) is 74.5 cm³/mol. The number of carbonyl (C=O) groups is 2. The molecular weight excluding hydrogens is 274 g/mol. The van der Waals surface area contributed by atoms with Crippen molar-refractivity contribution in [3.05, 3.63) is 41.0 Å². The summed E-state index contributed by atoms with van der Waals surface area (Å²) in [6, 6.07) is 2.81. The summed E-state index contributed by atoms with van der Waals surface area (Å²) in [4.78, 5) is 26.9. The van der Waals surface area contributed by atoms with Gasteiger partial charge in [-0.25, -0.2) is 9.78 Å². The van der Waals surface area contributed by atoms with E-state index < -0.39 is 5.97 Å². The van der Waals surface area contributed by atoms with Crippen LogP contribution in [0.4, 0.5) is 5.69 Å². The van der Waals surface area contributed by atoms with Crippen LogP contribution in [0.25, 0.3) is 0 Å². The summed E-state index contributed by atoms with van der Waals surface area (Å²) in [7, 11) is 0. The van der Waals surface area contributed by atoms with Crippen molar-refractivity contribution in [2.75, 3.05) is 5.32 Å². The van der Waals surface area contributed by atoms with Crippen LogP contribution in [-0.4, -0.2) is 27.1 Å². The van der Waals surface area contributed by atoms with Gasteiger partial charge in [-0.3, -0.25) is 4.79 Å². The lowest BCUT2D eigenvalue weighted by atomic mass is 10.0. The molecule has 0 saturated carbocycles. The van der Waals surface area contributed by atoms with E-state index in [2.05, 4.69) is 15.5 Å². The molecule has 0 aliphatic carbocycles. The molecule has 0 spiro atoms. The van der Waals surface area contributed by atoms with Crippen LogP contribution >= 0.6 is 0 Å². The molecule has 0 aliphatic heterocycles. The van der Waals surface area contributed by atoms with E-state index in [-0.39, 0.29) is 17.5 Å². The molecule has 0 saturated heterocycles. The van der Waals surface area contributed by atoms with Gasteiger partial charge in [0.15, 0.2) is 5.76 Å². The summed E-state index contributed by atoms with van der Waals surface area (Å²) >= 11 is 0. The topological polar surface area (TPSA) is 105 Å². The second-order valence-corrected chi connectivity index (χ2v) is 4.85. The Kier molecular flexibility index (Phi) is 4.02. The van der Waals surface area contributed by atoms with Crippen LogP contribution in [0.3, 0.4) is 0 Å². The molecule has 0 radical (unpaired) electrons. The third-order valence-corrected chi connectivity index (χ3v) is 2.88. The van der Waals surface area contributed by atoms with E-state index in [1.165, 1.54) is 18.3 Å². The van der Waals surface area contributed by atoms with Crippen LogP contribution in [0, 0.1) is 6.92 Å². The van der Waals surface area contributed by atoms with Gasteiger partial charge in [-0.1, -0.05) is 19.0 Å². The van der Waals surface area contributed by atoms with E-state index in [9.17, 15) is 9.59 Å².